The van der Waals surface area contributed by atoms with Gasteiger partial charge in [-0.15, -0.1) is 0 Å². The maximum Gasteiger partial charge on any atom is 0.264 e. The molecule has 1 aromatic rings. The normalized spacial score (nSPS) is 19.9. The fraction of sp³-hybridized carbons (Fsp3) is 0.500. The SMILES string of the molecule is CC[C@H]1CCCC(=O)C(=O)C(=O)CCCc2cc(OC)cc(O)c2C(=O)N1. The number of fused-ring (bicyclic) bond motifs is 1. The van der Waals surface area contributed by atoms with Gasteiger partial charge in [0.25, 0.3) is 11.7 Å². The average Bonchev–Trinajstić information content (AvgIpc) is 2.64. The smallest absolute Gasteiger partial charge is 0.264 e. The van der Waals surface area contributed by atoms with Gasteiger partial charge in [0.2, 0.25) is 11.6 Å². The van der Waals surface area contributed by atoms with E-state index in [2.05, 4.69) is 5.32 Å². The summed E-state index contributed by atoms with van der Waals surface area (Å²) in [6.45, 7) is 1.90. The first-order valence-corrected chi connectivity index (χ1v) is 9.18. The van der Waals surface area contributed by atoms with Crippen LogP contribution in [0.1, 0.15) is 61.4 Å². The van der Waals surface area contributed by atoms with Gasteiger partial charge in [-0.1, -0.05) is 6.92 Å². The summed E-state index contributed by atoms with van der Waals surface area (Å²) < 4.78 is 5.14. The van der Waals surface area contributed by atoms with Gasteiger partial charge in [0.15, 0.2) is 0 Å². The van der Waals surface area contributed by atoms with Crippen molar-refractivity contribution in [1.29, 1.82) is 0 Å². The number of ether oxygens (including phenoxy) is 1. The van der Waals surface area contributed by atoms with E-state index in [0.29, 0.717) is 30.6 Å². The van der Waals surface area contributed by atoms with Gasteiger partial charge >= 0.3 is 0 Å². The molecular formula is C20H25NO6. The standard InChI is InChI=1S/C20H25NO6/c1-3-13-7-5-9-16(23)19(25)15(22)8-4-6-12-10-14(27-2)11-17(24)18(12)20(26)21-13/h10-11,13,24H,3-9H2,1-2H3,(H,21,26)/t13-/m0/s1. The van der Waals surface area contributed by atoms with Gasteiger partial charge < -0.3 is 15.2 Å². The molecule has 0 aliphatic carbocycles. The van der Waals surface area contributed by atoms with Crippen LogP contribution in [-0.2, 0) is 20.8 Å². The summed E-state index contributed by atoms with van der Waals surface area (Å²) in [6.07, 6.45) is 2.02. The largest absolute Gasteiger partial charge is 0.507 e. The van der Waals surface area contributed by atoms with Crippen molar-refractivity contribution in [1.82, 2.24) is 5.32 Å². The van der Waals surface area contributed by atoms with Crippen LogP contribution < -0.4 is 10.1 Å². The molecule has 1 heterocycles. The Balaban J connectivity index is 2.37. The molecule has 0 radical (unpaired) electrons. The zero-order chi connectivity index (χ0) is 20.0. The summed E-state index contributed by atoms with van der Waals surface area (Å²) in [5.74, 6) is -2.52. The van der Waals surface area contributed by atoms with Gasteiger partial charge in [0.1, 0.15) is 11.5 Å². The number of aryl methyl sites for hydroxylation is 1. The fourth-order valence-corrected chi connectivity index (χ4v) is 3.20. The third kappa shape index (κ3) is 5.15. The number of amides is 1. The second-order valence-corrected chi connectivity index (χ2v) is 6.68. The van der Waals surface area contributed by atoms with Crippen molar-refractivity contribution in [2.45, 2.75) is 57.9 Å². The lowest BCUT2D eigenvalue weighted by molar-refractivity contribution is -0.144. The lowest BCUT2D eigenvalue weighted by Gasteiger charge is -2.19. The third-order valence-corrected chi connectivity index (χ3v) is 4.78. The first kappa shape index (κ1) is 20.6. The van der Waals surface area contributed by atoms with Crippen LogP contribution in [-0.4, -0.2) is 41.5 Å². The summed E-state index contributed by atoms with van der Waals surface area (Å²) in [5.41, 5.74) is 0.684. The molecular weight excluding hydrogens is 350 g/mol. The van der Waals surface area contributed by atoms with Gasteiger partial charge in [-0.25, -0.2) is 0 Å². The average molecular weight is 375 g/mol. The number of methoxy groups -OCH3 is 1. The van der Waals surface area contributed by atoms with E-state index in [4.69, 9.17) is 4.74 Å². The molecule has 0 aromatic heterocycles. The second-order valence-electron chi connectivity index (χ2n) is 6.68. The minimum absolute atomic E-state index is 0.00399. The lowest BCUT2D eigenvalue weighted by Crippen LogP contribution is -2.35. The van der Waals surface area contributed by atoms with Crippen molar-refractivity contribution in [3.63, 3.8) is 0 Å². The van der Waals surface area contributed by atoms with Crippen LogP contribution in [0.2, 0.25) is 0 Å². The van der Waals surface area contributed by atoms with E-state index in [0.717, 1.165) is 0 Å². The summed E-state index contributed by atoms with van der Waals surface area (Å²) >= 11 is 0. The van der Waals surface area contributed by atoms with E-state index in [1.54, 1.807) is 6.07 Å². The molecule has 7 heteroatoms. The molecule has 0 unspecified atom stereocenters. The minimum atomic E-state index is -0.946. The number of rotatable bonds is 2. The van der Waals surface area contributed by atoms with Crippen molar-refractivity contribution in [3.05, 3.63) is 23.3 Å². The zero-order valence-electron chi connectivity index (χ0n) is 15.7. The van der Waals surface area contributed by atoms with Crippen molar-refractivity contribution in [2.24, 2.45) is 0 Å². The Morgan fingerprint density at radius 3 is 2.37 bits per heavy atom. The number of carbonyl (C=O) groups excluding carboxylic acids is 4. The number of carbonyl (C=O) groups is 4. The summed E-state index contributed by atoms with van der Waals surface area (Å²) in [4.78, 5) is 48.5. The molecule has 2 rings (SSSR count). The number of Topliss-reactive ketones (excluding diaryl/α,β-unsaturated/α-hetero) is 3. The first-order valence-electron chi connectivity index (χ1n) is 9.18. The van der Waals surface area contributed by atoms with E-state index in [9.17, 15) is 24.3 Å². The van der Waals surface area contributed by atoms with Crippen LogP contribution in [0.25, 0.3) is 0 Å². The molecule has 7 nitrogen and oxygen atoms in total. The fourth-order valence-electron chi connectivity index (χ4n) is 3.20. The molecule has 1 aliphatic rings. The Morgan fingerprint density at radius 2 is 1.74 bits per heavy atom. The number of benzene rings is 1. The van der Waals surface area contributed by atoms with E-state index < -0.39 is 23.3 Å². The highest BCUT2D eigenvalue weighted by molar-refractivity contribution is 6.63. The summed E-state index contributed by atoms with van der Waals surface area (Å²) in [5, 5.41) is 13.2. The number of nitrogens with one attached hydrogen (secondary N) is 1. The van der Waals surface area contributed by atoms with Crippen LogP contribution in [0.15, 0.2) is 12.1 Å². The predicted molar refractivity (Wildman–Crippen MR) is 98.0 cm³/mol. The third-order valence-electron chi connectivity index (χ3n) is 4.78. The molecule has 0 bridgehead atoms. The number of phenols is 1. The van der Waals surface area contributed by atoms with Crippen LogP contribution >= 0.6 is 0 Å². The van der Waals surface area contributed by atoms with Crippen molar-refractivity contribution >= 4 is 23.3 Å². The Hall–Kier alpha value is -2.70. The number of aromatic hydroxyl groups is 1. The van der Waals surface area contributed by atoms with Crippen LogP contribution in [0, 0.1) is 0 Å². The van der Waals surface area contributed by atoms with Gasteiger partial charge in [0.05, 0.1) is 12.7 Å². The lowest BCUT2D eigenvalue weighted by atomic mass is 9.95. The molecule has 1 atom stereocenters. The molecule has 27 heavy (non-hydrogen) atoms. The van der Waals surface area contributed by atoms with Gasteiger partial charge in [-0.3, -0.25) is 19.2 Å². The predicted octanol–water partition coefficient (Wildman–Crippen LogP) is 2.12. The highest BCUT2D eigenvalue weighted by Gasteiger charge is 2.25. The monoisotopic (exact) mass is 375 g/mol. The van der Waals surface area contributed by atoms with E-state index in [-0.39, 0.29) is 43.0 Å². The zero-order valence-corrected chi connectivity index (χ0v) is 15.7. The molecule has 2 N–H and O–H groups in total. The highest BCUT2D eigenvalue weighted by Crippen LogP contribution is 2.29. The number of hydrogen-bond donors (Lipinski definition) is 2. The molecule has 0 saturated heterocycles. The summed E-state index contributed by atoms with van der Waals surface area (Å²) in [7, 11) is 1.45. The molecule has 1 aliphatic heterocycles. The van der Waals surface area contributed by atoms with Crippen LogP contribution in [0.4, 0.5) is 0 Å². The van der Waals surface area contributed by atoms with E-state index in [1.807, 2.05) is 6.92 Å². The van der Waals surface area contributed by atoms with Crippen molar-refractivity contribution in [2.75, 3.05) is 7.11 Å². The van der Waals surface area contributed by atoms with Gasteiger partial charge in [-0.05, 0) is 43.7 Å². The van der Waals surface area contributed by atoms with Crippen molar-refractivity contribution in [3.8, 4) is 11.5 Å². The van der Waals surface area contributed by atoms with E-state index in [1.165, 1.54) is 13.2 Å². The Morgan fingerprint density at radius 1 is 1.07 bits per heavy atom. The Labute approximate surface area is 158 Å². The molecule has 146 valence electrons. The molecule has 0 saturated carbocycles. The minimum Gasteiger partial charge on any atom is -0.507 e. The quantitative estimate of drug-likeness (QED) is 0.766. The Bertz CT molecular complexity index is 755. The number of ketones is 3. The Kier molecular flexibility index (Phi) is 7.10. The van der Waals surface area contributed by atoms with Crippen LogP contribution in [0.3, 0.4) is 0 Å². The molecule has 0 fully saturated rings. The van der Waals surface area contributed by atoms with Gasteiger partial charge in [-0.2, -0.15) is 0 Å². The molecule has 1 amide bonds. The summed E-state index contributed by atoms with van der Waals surface area (Å²) in [6, 6.07) is 2.81. The first-order chi connectivity index (χ1) is 12.9. The van der Waals surface area contributed by atoms with Crippen LogP contribution in [0.5, 0.6) is 11.5 Å². The second kappa shape index (κ2) is 9.30. The maximum absolute atomic E-state index is 12.7. The highest BCUT2D eigenvalue weighted by atomic mass is 16.5. The number of hydrogen-bond acceptors (Lipinski definition) is 6. The van der Waals surface area contributed by atoms with E-state index >= 15 is 0 Å². The van der Waals surface area contributed by atoms with Gasteiger partial charge in [0, 0.05) is 24.9 Å². The maximum atomic E-state index is 12.7. The topological polar surface area (TPSA) is 110 Å². The molecule has 1 aromatic carbocycles. The van der Waals surface area contributed by atoms with Crippen molar-refractivity contribution < 1.29 is 29.0 Å². The number of phenolic OH excluding ortho intramolecular Hbond substituents is 1. The molecule has 0 spiro atoms.